The number of rotatable bonds is 8. The first-order valence-corrected chi connectivity index (χ1v) is 6.80. The lowest BCUT2D eigenvalue weighted by molar-refractivity contribution is 0.504. The van der Waals surface area contributed by atoms with Crippen molar-refractivity contribution in [3.05, 3.63) is 0 Å². The Bertz CT molecular complexity index is 174. The topological polar surface area (TPSA) is 36.4 Å². The molecule has 0 amide bonds. The predicted octanol–water partition coefficient (Wildman–Crippen LogP) is 2.78. The molecule has 16 heavy (non-hydrogen) atoms. The molecule has 0 aliphatic rings. The van der Waals surface area contributed by atoms with Crippen LogP contribution < -0.4 is 10.6 Å². The summed E-state index contributed by atoms with van der Waals surface area (Å²) in [5.74, 6) is 1.70. The SMILES string of the molecule is CCCCNC(=NCC(CC)CC)NCC. The molecule has 0 bridgehead atoms. The monoisotopic (exact) mass is 227 g/mol. The van der Waals surface area contributed by atoms with Crippen molar-refractivity contribution in [1.82, 2.24) is 10.6 Å². The zero-order valence-corrected chi connectivity index (χ0v) is 11.5. The fourth-order valence-corrected chi connectivity index (χ4v) is 1.49. The van der Waals surface area contributed by atoms with E-state index in [4.69, 9.17) is 0 Å². The van der Waals surface area contributed by atoms with Gasteiger partial charge in [0.15, 0.2) is 5.96 Å². The molecule has 0 aromatic rings. The average molecular weight is 227 g/mol. The molecule has 0 saturated heterocycles. The van der Waals surface area contributed by atoms with Gasteiger partial charge in [-0.05, 0) is 19.3 Å². The number of hydrogen-bond acceptors (Lipinski definition) is 1. The van der Waals surface area contributed by atoms with Crippen LogP contribution in [0.3, 0.4) is 0 Å². The normalized spacial score (nSPS) is 11.9. The second-order valence-electron chi connectivity index (χ2n) is 4.18. The largest absolute Gasteiger partial charge is 0.357 e. The van der Waals surface area contributed by atoms with Crippen molar-refractivity contribution in [3.8, 4) is 0 Å². The number of nitrogens with zero attached hydrogens (tertiary/aromatic N) is 1. The van der Waals surface area contributed by atoms with Crippen LogP contribution in [0.5, 0.6) is 0 Å². The fourth-order valence-electron chi connectivity index (χ4n) is 1.49. The van der Waals surface area contributed by atoms with Crippen molar-refractivity contribution in [2.45, 2.75) is 53.4 Å². The smallest absolute Gasteiger partial charge is 0.191 e. The van der Waals surface area contributed by atoms with E-state index in [1.165, 1.54) is 25.7 Å². The van der Waals surface area contributed by atoms with Crippen LogP contribution in [0.1, 0.15) is 53.4 Å². The highest BCUT2D eigenvalue weighted by atomic mass is 15.2. The predicted molar refractivity (Wildman–Crippen MR) is 73.0 cm³/mol. The van der Waals surface area contributed by atoms with E-state index in [9.17, 15) is 0 Å². The maximum Gasteiger partial charge on any atom is 0.191 e. The van der Waals surface area contributed by atoms with Crippen molar-refractivity contribution >= 4 is 5.96 Å². The van der Waals surface area contributed by atoms with Gasteiger partial charge >= 0.3 is 0 Å². The summed E-state index contributed by atoms with van der Waals surface area (Å²) >= 11 is 0. The van der Waals surface area contributed by atoms with E-state index in [1.54, 1.807) is 0 Å². The van der Waals surface area contributed by atoms with Gasteiger partial charge < -0.3 is 10.6 Å². The van der Waals surface area contributed by atoms with Gasteiger partial charge in [0.25, 0.3) is 0 Å². The molecule has 0 aliphatic carbocycles. The Morgan fingerprint density at radius 3 is 2.25 bits per heavy atom. The Morgan fingerprint density at radius 2 is 1.75 bits per heavy atom. The van der Waals surface area contributed by atoms with Gasteiger partial charge in [0.2, 0.25) is 0 Å². The van der Waals surface area contributed by atoms with Crippen molar-refractivity contribution < 1.29 is 0 Å². The van der Waals surface area contributed by atoms with Crippen LogP contribution in [0.15, 0.2) is 4.99 Å². The molecular formula is C13H29N3. The summed E-state index contributed by atoms with van der Waals surface area (Å²) in [4.78, 5) is 4.62. The van der Waals surface area contributed by atoms with E-state index in [-0.39, 0.29) is 0 Å². The van der Waals surface area contributed by atoms with Gasteiger partial charge in [0.05, 0.1) is 0 Å². The molecule has 0 unspecified atom stereocenters. The van der Waals surface area contributed by atoms with Crippen LogP contribution >= 0.6 is 0 Å². The number of aliphatic imine (C=N–C) groups is 1. The lowest BCUT2D eigenvalue weighted by atomic mass is 10.0. The highest BCUT2D eigenvalue weighted by molar-refractivity contribution is 5.79. The van der Waals surface area contributed by atoms with Gasteiger partial charge in [-0.15, -0.1) is 0 Å². The lowest BCUT2D eigenvalue weighted by Crippen LogP contribution is -2.38. The van der Waals surface area contributed by atoms with E-state index in [2.05, 4.69) is 43.3 Å². The van der Waals surface area contributed by atoms with Crippen molar-refractivity contribution in [2.24, 2.45) is 10.9 Å². The Hall–Kier alpha value is -0.730. The minimum atomic E-state index is 0.724. The first-order chi connectivity index (χ1) is 7.78. The average Bonchev–Trinajstić information content (AvgIpc) is 2.30. The molecule has 0 heterocycles. The van der Waals surface area contributed by atoms with Crippen LogP contribution in [-0.4, -0.2) is 25.6 Å². The molecule has 0 radical (unpaired) electrons. The first-order valence-electron chi connectivity index (χ1n) is 6.80. The molecule has 0 spiro atoms. The number of guanidine groups is 1. The molecular weight excluding hydrogens is 198 g/mol. The number of hydrogen-bond donors (Lipinski definition) is 2. The number of nitrogens with one attached hydrogen (secondary N) is 2. The summed E-state index contributed by atoms with van der Waals surface area (Å²) < 4.78 is 0. The van der Waals surface area contributed by atoms with E-state index in [0.717, 1.165) is 31.5 Å². The second-order valence-corrected chi connectivity index (χ2v) is 4.18. The standard InChI is InChI=1S/C13H29N3/c1-5-9-10-15-13(14-8-4)16-11-12(6-2)7-3/h12H,5-11H2,1-4H3,(H2,14,15,16). The van der Waals surface area contributed by atoms with Crippen LogP contribution in [0.25, 0.3) is 0 Å². The summed E-state index contributed by atoms with van der Waals surface area (Å²) in [6, 6.07) is 0. The van der Waals surface area contributed by atoms with E-state index in [0.29, 0.717) is 0 Å². The first kappa shape index (κ1) is 15.3. The molecule has 0 aromatic carbocycles. The molecule has 3 nitrogen and oxygen atoms in total. The Morgan fingerprint density at radius 1 is 1.06 bits per heavy atom. The van der Waals surface area contributed by atoms with Gasteiger partial charge in [-0.1, -0.05) is 40.0 Å². The minimum Gasteiger partial charge on any atom is -0.357 e. The van der Waals surface area contributed by atoms with Gasteiger partial charge in [-0.25, -0.2) is 0 Å². The molecule has 0 atom stereocenters. The highest BCUT2D eigenvalue weighted by Gasteiger charge is 2.02. The summed E-state index contributed by atoms with van der Waals surface area (Å²) in [5.41, 5.74) is 0. The maximum atomic E-state index is 4.62. The Kier molecular flexibility index (Phi) is 10.3. The molecule has 3 heteroatoms. The van der Waals surface area contributed by atoms with Gasteiger partial charge in [0, 0.05) is 19.6 Å². The third-order valence-corrected chi connectivity index (χ3v) is 2.83. The maximum absolute atomic E-state index is 4.62. The minimum absolute atomic E-state index is 0.724. The van der Waals surface area contributed by atoms with Crippen molar-refractivity contribution in [2.75, 3.05) is 19.6 Å². The quantitative estimate of drug-likeness (QED) is 0.380. The van der Waals surface area contributed by atoms with Crippen LogP contribution in [0.4, 0.5) is 0 Å². The summed E-state index contributed by atoms with van der Waals surface area (Å²) in [5, 5.41) is 6.65. The van der Waals surface area contributed by atoms with Gasteiger partial charge in [-0.2, -0.15) is 0 Å². The number of unbranched alkanes of at least 4 members (excludes halogenated alkanes) is 1. The van der Waals surface area contributed by atoms with Crippen LogP contribution in [-0.2, 0) is 0 Å². The zero-order chi connectivity index (χ0) is 12.2. The fraction of sp³-hybridized carbons (Fsp3) is 0.923. The molecule has 0 fully saturated rings. The van der Waals surface area contributed by atoms with E-state index < -0.39 is 0 Å². The van der Waals surface area contributed by atoms with Crippen molar-refractivity contribution in [3.63, 3.8) is 0 Å². The lowest BCUT2D eigenvalue weighted by Gasteiger charge is -2.13. The van der Waals surface area contributed by atoms with E-state index in [1.807, 2.05) is 0 Å². The summed E-state index contributed by atoms with van der Waals surface area (Å²) in [6.07, 6.45) is 4.86. The van der Waals surface area contributed by atoms with Crippen molar-refractivity contribution in [1.29, 1.82) is 0 Å². The summed E-state index contributed by atoms with van der Waals surface area (Å²) in [6.45, 7) is 11.7. The van der Waals surface area contributed by atoms with Crippen LogP contribution in [0, 0.1) is 5.92 Å². The molecule has 96 valence electrons. The molecule has 0 aromatic heterocycles. The van der Waals surface area contributed by atoms with E-state index >= 15 is 0 Å². The molecule has 0 saturated carbocycles. The van der Waals surface area contributed by atoms with Gasteiger partial charge in [0.1, 0.15) is 0 Å². The van der Waals surface area contributed by atoms with Gasteiger partial charge in [-0.3, -0.25) is 4.99 Å². The highest BCUT2D eigenvalue weighted by Crippen LogP contribution is 2.06. The van der Waals surface area contributed by atoms with Crippen LogP contribution in [0.2, 0.25) is 0 Å². The third kappa shape index (κ3) is 7.55. The third-order valence-electron chi connectivity index (χ3n) is 2.83. The summed E-state index contributed by atoms with van der Waals surface area (Å²) in [7, 11) is 0. The zero-order valence-electron chi connectivity index (χ0n) is 11.5. The molecule has 0 rings (SSSR count). The Balaban J connectivity index is 4.00. The molecule has 2 N–H and O–H groups in total. The molecule has 0 aliphatic heterocycles. The second kappa shape index (κ2) is 10.8. The Labute approximate surface area is 101 Å².